The average molecular weight is 382 g/mol. The first-order chi connectivity index (χ1) is 12.3. The molecular formula is C18H26N2O5S. The maximum absolute atomic E-state index is 12.3. The van der Waals surface area contributed by atoms with E-state index in [1.54, 1.807) is 42.2 Å². The number of nitrogens with zero attached hydrogens (tertiary/aromatic N) is 1. The second-order valence-electron chi connectivity index (χ2n) is 6.78. The van der Waals surface area contributed by atoms with E-state index >= 15 is 0 Å². The van der Waals surface area contributed by atoms with Gasteiger partial charge in [0.05, 0.1) is 5.75 Å². The molecule has 1 heterocycles. The van der Waals surface area contributed by atoms with Crippen molar-refractivity contribution in [1.29, 1.82) is 0 Å². The summed E-state index contributed by atoms with van der Waals surface area (Å²) < 4.78 is 26.8. The van der Waals surface area contributed by atoms with Gasteiger partial charge in [0, 0.05) is 20.0 Å². The highest BCUT2D eigenvalue weighted by Gasteiger charge is 2.27. The van der Waals surface area contributed by atoms with Gasteiger partial charge in [0.25, 0.3) is 0 Å². The second-order valence-corrected chi connectivity index (χ2v) is 8.53. The van der Waals surface area contributed by atoms with Crippen molar-refractivity contribution in [2.75, 3.05) is 13.1 Å². The van der Waals surface area contributed by atoms with Crippen molar-refractivity contribution in [1.82, 2.24) is 9.62 Å². The van der Waals surface area contributed by atoms with Crippen LogP contribution in [-0.4, -0.2) is 49.4 Å². The Kier molecular flexibility index (Phi) is 7.16. The first-order valence-corrected chi connectivity index (χ1v) is 10.4. The van der Waals surface area contributed by atoms with E-state index in [-0.39, 0.29) is 18.1 Å². The van der Waals surface area contributed by atoms with E-state index in [1.165, 1.54) is 0 Å². The number of sulfonamides is 1. The minimum absolute atomic E-state index is 0.0561. The summed E-state index contributed by atoms with van der Waals surface area (Å²) >= 11 is 0. The second kappa shape index (κ2) is 9.14. The number of hydrogen-bond donors (Lipinski definition) is 2. The Bertz CT molecular complexity index is 712. The van der Waals surface area contributed by atoms with Crippen molar-refractivity contribution in [2.24, 2.45) is 5.92 Å². The fraction of sp³-hybridized carbons (Fsp3) is 0.556. The molecule has 0 unspecified atom stereocenters. The number of likely N-dealkylation sites (tertiary alicyclic amines) is 1. The number of carbonyl (C=O) groups is 2. The number of aliphatic carboxylic acids is 1. The van der Waals surface area contributed by atoms with Crippen molar-refractivity contribution < 1.29 is 23.1 Å². The third-order valence-electron chi connectivity index (χ3n) is 4.74. The molecule has 1 aliphatic heterocycles. The van der Waals surface area contributed by atoms with Crippen molar-refractivity contribution in [3.8, 4) is 0 Å². The van der Waals surface area contributed by atoms with E-state index in [0.29, 0.717) is 31.0 Å². The number of benzene rings is 1. The van der Waals surface area contributed by atoms with Gasteiger partial charge in [-0.3, -0.25) is 9.59 Å². The Morgan fingerprint density at radius 2 is 1.85 bits per heavy atom. The van der Waals surface area contributed by atoms with Crippen molar-refractivity contribution in [3.63, 3.8) is 0 Å². The largest absolute Gasteiger partial charge is 0.480 e. The van der Waals surface area contributed by atoms with Gasteiger partial charge < -0.3 is 10.0 Å². The Hall–Kier alpha value is -1.93. The van der Waals surface area contributed by atoms with Gasteiger partial charge >= 0.3 is 5.97 Å². The highest BCUT2D eigenvalue weighted by atomic mass is 32.2. The van der Waals surface area contributed by atoms with E-state index in [9.17, 15) is 23.1 Å². The number of amides is 1. The van der Waals surface area contributed by atoms with Crippen LogP contribution in [0.5, 0.6) is 0 Å². The molecule has 1 atom stereocenters. The van der Waals surface area contributed by atoms with Crippen LogP contribution in [0.3, 0.4) is 0 Å². The Labute approximate surface area is 154 Å². The third kappa shape index (κ3) is 6.42. The van der Waals surface area contributed by atoms with Crippen molar-refractivity contribution >= 4 is 21.9 Å². The van der Waals surface area contributed by atoms with E-state index in [0.717, 1.165) is 12.8 Å². The standard InChI is InChI=1S/C18H26N2O5S/c1-14(21)20-11-9-15(10-12-20)7-8-17(18(22)23)19-26(24,25)13-16-5-3-2-4-6-16/h2-6,15,17,19H,7-13H2,1H3,(H,22,23)/t17-/m1/s1. The molecule has 2 rings (SSSR count). The summed E-state index contributed by atoms with van der Waals surface area (Å²) in [5, 5.41) is 9.37. The first kappa shape index (κ1) is 20.4. The molecule has 1 aliphatic rings. The lowest BCUT2D eigenvalue weighted by Crippen LogP contribution is -2.42. The molecule has 7 nitrogen and oxygen atoms in total. The van der Waals surface area contributed by atoms with E-state index in [4.69, 9.17) is 0 Å². The first-order valence-electron chi connectivity index (χ1n) is 8.79. The van der Waals surface area contributed by atoms with Gasteiger partial charge in [-0.25, -0.2) is 13.1 Å². The number of rotatable bonds is 8. The minimum Gasteiger partial charge on any atom is -0.480 e. The lowest BCUT2D eigenvalue weighted by Gasteiger charge is -2.31. The zero-order chi connectivity index (χ0) is 19.2. The van der Waals surface area contributed by atoms with Crippen LogP contribution in [0.15, 0.2) is 30.3 Å². The van der Waals surface area contributed by atoms with E-state index in [1.807, 2.05) is 0 Å². The fourth-order valence-electron chi connectivity index (χ4n) is 3.22. The normalized spacial score (nSPS) is 17.0. The number of hydrogen-bond acceptors (Lipinski definition) is 4. The summed E-state index contributed by atoms with van der Waals surface area (Å²) in [5.74, 6) is -1.04. The van der Waals surface area contributed by atoms with Gasteiger partial charge in [-0.15, -0.1) is 0 Å². The van der Waals surface area contributed by atoms with Gasteiger partial charge in [0.1, 0.15) is 6.04 Å². The van der Waals surface area contributed by atoms with Gasteiger partial charge in [-0.2, -0.15) is 0 Å². The van der Waals surface area contributed by atoms with Gasteiger partial charge in [0.15, 0.2) is 0 Å². The molecule has 1 fully saturated rings. The van der Waals surface area contributed by atoms with Crippen LogP contribution in [0.25, 0.3) is 0 Å². The highest BCUT2D eigenvalue weighted by Crippen LogP contribution is 2.23. The summed E-state index contributed by atoms with van der Waals surface area (Å²) in [6.45, 7) is 2.90. The predicted octanol–water partition coefficient (Wildman–Crippen LogP) is 1.60. The maximum atomic E-state index is 12.3. The van der Waals surface area contributed by atoms with Crippen molar-refractivity contribution in [3.05, 3.63) is 35.9 Å². The smallest absolute Gasteiger partial charge is 0.321 e. The van der Waals surface area contributed by atoms with Gasteiger partial charge in [0.2, 0.25) is 15.9 Å². The van der Waals surface area contributed by atoms with Crippen LogP contribution in [0.4, 0.5) is 0 Å². The molecule has 2 N–H and O–H groups in total. The van der Waals surface area contributed by atoms with Crippen LogP contribution in [0.1, 0.15) is 38.2 Å². The SMILES string of the molecule is CC(=O)N1CCC(CC[C@@H](NS(=O)(=O)Cc2ccccc2)C(=O)O)CC1. The van der Waals surface area contributed by atoms with E-state index in [2.05, 4.69) is 4.72 Å². The van der Waals surface area contributed by atoms with Crippen LogP contribution in [-0.2, 0) is 25.4 Å². The number of carboxylic acids is 1. The topological polar surface area (TPSA) is 104 Å². The lowest BCUT2D eigenvalue weighted by molar-refractivity contribution is -0.139. The Balaban J connectivity index is 1.87. The summed E-state index contributed by atoms with van der Waals surface area (Å²) in [5.41, 5.74) is 0.612. The summed E-state index contributed by atoms with van der Waals surface area (Å²) in [6, 6.07) is 7.53. The monoisotopic (exact) mass is 382 g/mol. The zero-order valence-corrected chi connectivity index (χ0v) is 15.7. The number of carboxylic acid groups (broad SMARTS) is 1. The molecule has 0 aliphatic carbocycles. The fourth-order valence-corrected chi connectivity index (χ4v) is 4.59. The van der Waals surface area contributed by atoms with Crippen LogP contribution in [0.2, 0.25) is 0 Å². The molecule has 0 spiro atoms. The highest BCUT2D eigenvalue weighted by molar-refractivity contribution is 7.88. The third-order valence-corrected chi connectivity index (χ3v) is 6.10. The van der Waals surface area contributed by atoms with Gasteiger partial charge in [-0.05, 0) is 37.2 Å². The molecule has 1 aromatic rings. The molecule has 0 saturated carbocycles. The number of nitrogens with one attached hydrogen (secondary N) is 1. The molecule has 144 valence electrons. The van der Waals surface area contributed by atoms with Crippen molar-refractivity contribution in [2.45, 2.75) is 44.4 Å². The van der Waals surface area contributed by atoms with Crippen LogP contribution >= 0.6 is 0 Å². The minimum atomic E-state index is -3.74. The van der Waals surface area contributed by atoms with E-state index < -0.39 is 22.0 Å². The summed E-state index contributed by atoms with van der Waals surface area (Å²) in [4.78, 5) is 24.6. The molecule has 1 saturated heterocycles. The molecule has 0 bridgehead atoms. The summed E-state index contributed by atoms with van der Waals surface area (Å²) in [6.07, 6.45) is 2.51. The lowest BCUT2D eigenvalue weighted by atomic mass is 9.90. The quantitative estimate of drug-likeness (QED) is 0.711. The predicted molar refractivity (Wildman–Crippen MR) is 97.8 cm³/mol. The molecule has 0 aromatic heterocycles. The average Bonchev–Trinajstić information content (AvgIpc) is 2.59. The molecule has 1 amide bonds. The van der Waals surface area contributed by atoms with Crippen LogP contribution < -0.4 is 4.72 Å². The van der Waals surface area contributed by atoms with Crippen LogP contribution in [0, 0.1) is 5.92 Å². The molecule has 8 heteroatoms. The zero-order valence-electron chi connectivity index (χ0n) is 14.9. The number of piperidine rings is 1. The Morgan fingerprint density at radius 1 is 1.23 bits per heavy atom. The molecule has 0 radical (unpaired) electrons. The molecule has 26 heavy (non-hydrogen) atoms. The number of carbonyl (C=O) groups excluding carboxylic acids is 1. The molecular weight excluding hydrogens is 356 g/mol. The Morgan fingerprint density at radius 3 is 2.38 bits per heavy atom. The maximum Gasteiger partial charge on any atom is 0.321 e. The molecule has 1 aromatic carbocycles. The summed E-state index contributed by atoms with van der Waals surface area (Å²) in [7, 11) is -3.74. The van der Waals surface area contributed by atoms with Gasteiger partial charge in [-0.1, -0.05) is 30.3 Å².